The molecule has 0 unspecified atom stereocenters. The van der Waals surface area contributed by atoms with Crippen molar-refractivity contribution in [2.24, 2.45) is 0 Å². The molecule has 5 nitrogen and oxygen atoms in total. The van der Waals surface area contributed by atoms with E-state index in [1.807, 2.05) is 54.6 Å². The van der Waals surface area contributed by atoms with E-state index in [4.69, 9.17) is 9.15 Å². The Bertz CT molecular complexity index is 1140. The summed E-state index contributed by atoms with van der Waals surface area (Å²) in [7, 11) is 1.63. The minimum absolute atomic E-state index is 0.284. The number of hydrogen-bond donors (Lipinski definition) is 0. The zero-order valence-electron chi connectivity index (χ0n) is 14.6. The second kappa shape index (κ2) is 6.96. The van der Waals surface area contributed by atoms with Gasteiger partial charge in [0.2, 0.25) is 5.89 Å². The predicted molar refractivity (Wildman–Crippen MR) is 102 cm³/mol. The van der Waals surface area contributed by atoms with Crippen LogP contribution in [0.1, 0.15) is 17.9 Å². The maximum Gasteiger partial charge on any atom is 0.223 e. The zero-order chi connectivity index (χ0) is 18.8. The molecule has 0 atom stereocenters. The molecule has 0 aliphatic carbocycles. The first kappa shape index (κ1) is 16.8. The van der Waals surface area contributed by atoms with Gasteiger partial charge in [0, 0.05) is 18.0 Å². The molecule has 0 saturated carbocycles. The van der Waals surface area contributed by atoms with Gasteiger partial charge in [0.25, 0.3) is 0 Å². The van der Waals surface area contributed by atoms with Crippen LogP contribution in [0.5, 0.6) is 5.75 Å². The molecule has 1 heterocycles. The van der Waals surface area contributed by atoms with Crippen molar-refractivity contribution in [3.63, 3.8) is 0 Å². The lowest BCUT2D eigenvalue weighted by molar-refractivity contribution is -0.304. The predicted octanol–water partition coefficient (Wildman–Crippen LogP) is 3.67. The lowest BCUT2D eigenvalue weighted by Crippen LogP contribution is -2.22. The number of carboxylic acids is 1. The fourth-order valence-corrected chi connectivity index (χ4v) is 3.01. The van der Waals surface area contributed by atoms with Gasteiger partial charge in [-0.1, -0.05) is 30.3 Å². The molecule has 0 N–H and O–H groups in total. The topological polar surface area (TPSA) is 75.4 Å². The molecule has 0 spiro atoms. The number of oxazole rings is 1. The Balaban J connectivity index is 1.78. The zero-order valence-corrected chi connectivity index (χ0v) is 14.6. The largest absolute Gasteiger partial charge is 0.550 e. The smallest absolute Gasteiger partial charge is 0.223 e. The molecular weight excluding hydrogens is 342 g/mol. The van der Waals surface area contributed by atoms with Gasteiger partial charge in [-0.2, -0.15) is 0 Å². The van der Waals surface area contributed by atoms with Crippen LogP contribution < -0.4 is 9.84 Å². The number of benzene rings is 3. The number of ether oxygens (including phenoxy) is 1. The normalized spacial score (nSPS) is 11.8. The number of carbonyl (C=O) groups is 1. The second-order valence-corrected chi connectivity index (χ2v) is 6.18. The average molecular weight is 358 g/mol. The second-order valence-electron chi connectivity index (χ2n) is 6.18. The highest BCUT2D eigenvalue weighted by molar-refractivity contribution is 5.93. The third-order valence-electron chi connectivity index (χ3n) is 4.32. The van der Waals surface area contributed by atoms with E-state index in [0.717, 1.165) is 22.1 Å². The lowest BCUT2D eigenvalue weighted by Gasteiger charge is -2.07. The van der Waals surface area contributed by atoms with Crippen LogP contribution in [0.2, 0.25) is 0 Å². The Morgan fingerprint density at radius 2 is 1.89 bits per heavy atom. The van der Waals surface area contributed by atoms with E-state index >= 15 is 0 Å². The van der Waals surface area contributed by atoms with Crippen LogP contribution in [0.4, 0.5) is 0 Å². The Labute approximate surface area is 155 Å². The quantitative estimate of drug-likeness (QED) is 0.544. The Hall–Kier alpha value is -3.60. The molecule has 0 amide bonds. The maximum atomic E-state index is 11.2. The first-order valence-corrected chi connectivity index (χ1v) is 8.46. The highest BCUT2D eigenvalue weighted by Crippen LogP contribution is 2.27. The molecular formula is C22H16NO4-. The number of aliphatic carboxylic acids is 1. The van der Waals surface area contributed by atoms with Crippen molar-refractivity contribution in [1.29, 1.82) is 0 Å². The summed E-state index contributed by atoms with van der Waals surface area (Å²) in [6.07, 6.45) is 1.48. The van der Waals surface area contributed by atoms with Gasteiger partial charge in [-0.05, 0) is 52.7 Å². The Morgan fingerprint density at radius 3 is 2.67 bits per heavy atom. The Kier molecular flexibility index (Phi) is 4.34. The highest BCUT2D eigenvalue weighted by atomic mass is 16.5. The summed E-state index contributed by atoms with van der Waals surface area (Å²) in [5.41, 5.74) is 2.61. The first-order chi connectivity index (χ1) is 13.1. The number of methoxy groups -OCH3 is 1. The van der Waals surface area contributed by atoms with E-state index in [2.05, 4.69) is 4.98 Å². The van der Waals surface area contributed by atoms with Gasteiger partial charge in [0.1, 0.15) is 11.3 Å². The Morgan fingerprint density at radius 1 is 1.11 bits per heavy atom. The molecule has 0 aliphatic rings. The summed E-state index contributed by atoms with van der Waals surface area (Å²) in [4.78, 5) is 15.6. The van der Waals surface area contributed by atoms with Gasteiger partial charge in [0.15, 0.2) is 5.58 Å². The van der Waals surface area contributed by atoms with Crippen molar-refractivity contribution in [2.45, 2.75) is 6.42 Å². The molecule has 4 rings (SSSR count). The lowest BCUT2D eigenvalue weighted by atomic mass is 10.0. The molecule has 0 fully saturated rings. The van der Waals surface area contributed by atoms with Crippen LogP contribution in [0.3, 0.4) is 0 Å². The summed E-state index contributed by atoms with van der Waals surface area (Å²) in [5.74, 6) is -0.112. The summed E-state index contributed by atoms with van der Waals surface area (Å²) in [5, 5.41) is 13.3. The van der Waals surface area contributed by atoms with Crippen molar-refractivity contribution in [2.75, 3.05) is 7.11 Å². The summed E-state index contributed by atoms with van der Waals surface area (Å²) >= 11 is 0. The van der Waals surface area contributed by atoms with E-state index in [1.165, 1.54) is 0 Å². The van der Waals surface area contributed by atoms with Crippen LogP contribution in [0, 0.1) is 0 Å². The number of fused-ring (bicyclic) bond motifs is 2. The van der Waals surface area contributed by atoms with Gasteiger partial charge >= 0.3 is 0 Å². The fraction of sp³-hybridized carbons (Fsp3) is 0.0909. The van der Waals surface area contributed by atoms with Crippen LogP contribution >= 0.6 is 0 Å². The number of rotatable bonds is 5. The molecule has 0 bridgehead atoms. The molecule has 0 radical (unpaired) electrons. The van der Waals surface area contributed by atoms with E-state index in [-0.39, 0.29) is 12.3 Å². The molecule has 5 heteroatoms. The maximum absolute atomic E-state index is 11.2. The van der Waals surface area contributed by atoms with E-state index in [9.17, 15) is 9.90 Å². The third kappa shape index (κ3) is 3.53. The van der Waals surface area contributed by atoms with Gasteiger partial charge in [-0.25, -0.2) is 4.98 Å². The monoisotopic (exact) mass is 358 g/mol. The SMILES string of the molecule is COc1ccc2cc(/C=C(\CC(=O)[O-])c3nc4ccccc4o3)ccc2c1. The van der Waals surface area contributed by atoms with Gasteiger partial charge in [-0.3, -0.25) is 0 Å². The summed E-state index contributed by atoms with van der Waals surface area (Å²) < 4.78 is 11.0. The van der Waals surface area contributed by atoms with Gasteiger partial charge in [-0.15, -0.1) is 0 Å². The van der Waals surface area contributed by atoms with E-state index < -0.39 is 5.97 Å². The van der Waals surface area contributed by atoms with Crippen LogP contribution in [-0.2, 0) is 4.79 Å². The highest BCUT2D eigenvalue weighted by Gasteiger charge is 2.11. The van der Waals surface area contributed by atoms with Crippen molar-refractivity contribution in [1.82, 2.24) is 4.98 Å². The number of nitrogens with zero attached hydrogens (tertiary/aromatic N) is 1. The number of para-hydroxylation sites is 2. The van der Waals surface area contributed by atoms with Crippen molar-refractivity contribution >= 4 is 39.5 Å². The van der Waals surface area contributed by atoms with Crippen molar-refractivity contribution in [3.8, 4) is 5.75 Å². The number of carboxylic acid groups (broad SMARTS) is 1. The third-order valence-corrected chi connectivity index (χ3v) is 4.32. The standard InChI is InChI=1S/C22H17NO4/c1-26-18-9-8-15-10-14(6-7-16(15)12-18)11-17(13-21(24)25)22-23-19-4-2-3-5-20(19)27-22/h2-12H,13H2,1H3,(H,24,25)/p-1/b17-11+. The molecule has 1 aromatic heterocycles. The van der Waals surface area contributed by atoms with Gasteiger partial charge in [0.05, 0.1) is 7.11 Å². The minimum Gasteiger partial charge on any atom is -0.550 e. The number of hydrogen-bond acceptors (Lipinski definition) is 5. The van der Waals surface area contributed by atoms with E-state index in [0.29, 0.717) is 16.7 Å². The minimum atomic E-state index is -1.19. The number of aromatic nitrogens is 1. The van der Waals surface area contributed by atoms with Crippen molar-refractivity contribution in [3.05, 3.63) is 72.1 Å². The van der Waals surface area contributed by atoms with Crippen molar-refractivity contribution < 1.29 is 19.1 Å². The van der Waals surface area contributed by atoms with Crippen LogP contribution in [-0.4, -0.2) is 18.1 Å². The average Bonchev–Trinajstić information content (AvgIpc) is 3.11. The van der Waals surface area contributed by atoms with Crippen LogP contribution in [0.25, 0.3) is 33.5 Å². The summed E-state index contributed by atoms with van der Waals surface area (Å²) in [6, 6.07) is 19.0. The summed E-state index contributed by atoms with van der Waals surface area (Å²) in [6.45, 7) is 0. The molecule has 0 saturated heterocycles. The molecule has 0 aliphatic heterocycles. The molecule has 3 aromatic carbocycles. The first-order valence-electron chi connectivity index (χ1n) is 8.46. The number of carbonyl (C=O) groups excluding carboxylic acids is 1. The van der Waals surface area contributed by atoms with Crippen LogP contribution in [0.15, 0.2) is 65.1 Å². The van der Waals surface area contributed by atoms with Gasteiger partial charge < -0.3 is 19.1 Å². The molecule has 134 valence electrons. The molecule has 4 aromatic rings. The molecule has 27 heavy (non-hydrogen) atoms. The van der Waals surface area contributed by atoms with E-state index in [1.54, 1.807) is 19.3 Å². The fourth-order valence-electron chi connectivity index (χ4n) is 3.01.